The second kappa shape index (κ2) is 18.7. The van der Waals surface area contributed by atoms with Gasteiger partial charge in [-0.15, -0.1) is 0 Å². The van der Waals surface area contributed by atoms with Gasteiger partial charge in [0.15, 0.2) is 0 Å². The molecule has 2 aromatic rings. The minimum absolute atomic E-state index is 0.110. The molecule has 8 nitrogen and oxygen atoms in total. The third kappa shape index (κ3) is 10.4. The maximum Gasteiger partial charge on any atom is 0.329 e. The third-order valence-electron chi connectivity index (χ3n) is 10.8. The highest BCUT2D eigenvalue weighted by molar-refractivity contribution is 5.87. The lowest BCUT2D eigenvalue weighted by Gasteiger charge is -2.40. The molecule has 2 aliphatic heterocycles. The van der Waals surface area contributed by atoms with E-state index < -0.39 is 24.2 Å². The van der Waals surface area contributed by atoms with Crippen molar-refractivity contribution in [2.75, 3.05) is 46.0 Å². The van der Waals surface area contributed by atoms with Crippen LogP contribution in [-0.2, 0) is 25.5 Å². The van der Waals surface area contributed by atoms with Gasteiger partial charge in [0.05, 0.1) is 25.2 Å². The maximum atomic E-state index is 14.3. The summed E-state index contributed by atoms with van der Waals surface area (Å²) in [5.41, 5.74) is 4.58. The van der Waals surface area contributed by atoms with Gasteiger partial charge in [-0.3, -0.25) is 9.69 Å². The first-order valence-electron chi connectivity index (χ1n) is 18.7. The maximum absolute atomic E-state index is 14.3. The monoisotopic (exact) mass is 674 g/mol. The lowest BCUT2D eigenvalue weighted by Crippen LogP contribution is -2.53. The molecule has 1 amide bonds. The summed E-state index contributed by atoms with van der Waals surface area (Å²) in [6.07, 6.45) is 11.0. The second-order valence-corrected chi connectivity index (χ2v) is 14.2. The molecule has 1 aliphatic carbocycles. The number of hydrogen-bond donors (Lipinski definition) is 1. The Kier molecular flexibility index (Phi) is 14.1. The number of hydrogen-bond acceptors (Lipinski definition) is 7. The average molecular weight is 675 g/mol. The SMILES string of the molecule is C/C=C/[C@@H](O)[C@@H](C(=O)N1CCCC[C@H]1C(=O)OC(CCc1ccc(C)c(C)c1)c1cccc(OCCN2CCOCC2)c1)C1CCCCC1. The topological polar surface area (TPSA) is 88.5 Å². The van der Waals surface area contributed by atoms with Gasteiger partial charge in [0.2, 0.25) is 5.91 Å². The molecule has 0 spiro atoms. The van der Waals surface area contributed by atoms with Crippen LogP contribution in [0, 0.1) is 25.7 Å². The first-order valence-corrected chi connectivity index (χ1v) is 18.7. The lowest BCUT2D eigenvalue weighted by molar-refractivity contribution is -0.165. The molecular weight excluding hydrogens is 616 g/mol. The second-order valence-electron chi connectivity index (χ2n) is 14.2. The molecule has 2 aromatic carbocycles. The van der Waals surface area contributed by atoms with Crippen LogP contribution < -0.4 is 4.74 Å². The molecule has 0 radical (unpaired) electrons. The normalized spacial score (nSPS) is 21.3. The van der Waals surface area contributed by atoms with Crippen LogP contribution in [0.3, 0.4) is 0 Å². The van der Waals surface area contributed by atoms with Crippen LogP contribution in [0.2, 0.25) is 0 Å². The van der Waals surface area contributed by atoms with Crippen LogP contribution in [0.4, 0.5) is 0 Å². The fraction of sp³-hybridized carbons (Fsp3) is 0.610. The number of ether oxygens (including phenoxy) is 3. The van der Waals surface area contributed by atoms with E-state index in [1.165, 1.54) is 23.1 Å². The van der Waals surface area contributed by atoms with Gasteiger partial charge in [0.1, 0.15) is 24.5 Å². The van der Waals surface area contributed by atoms with Gasteiger partial charge in [-0.25, -0.2) is 4.79 Å². The standard InChI is InChI=1S/C41H58N2O6/c1-4-11-37(44)39(33-12-6-5-7-13-33)40(45)43-21-9-8-16-36(43)41(46)49-38(20-19-32-18-17-30(2)31(3)28-32)34-14-10-15-35(29-34)48-27-24-42-22-25-47-26-23-42/h4,10-11,14-15,17-18,28-29,33,36-39,44H,5-9,12-13,16,19-27H2,1-3H3/b11-4+/t36-,37+,38?,39-/m0/s1. The van der Waals surface area contributed by atoms with Crippen LogP contribution in [0.15, 0.2) is 54.6 Å². The number of aliphatic hydroxyl groups is 1. The number of morpholine rings is 1. The Morgan fingerprint density at radius 1 is 0.959 bits per heavy atom. The summed E-state index contributed by atoms with van der Waals surface area (Å²) in [5.74, 6) is -0.151. The zero-order valence-corrected chi connectivity index (χ0v) is 30.0. The Morgan fingerprint density at radius 3 is 2.49 bits per heavy atom. The van der Waals surface area contributed by atoms with Gasteiger partial charge in [0, 0.05) is 26.2 Å². The van der Waals surface area contributed by atoms with E-state index in [0.29, 0.717) is 26.0 Å². The van der Waals surface area contributed by atoms with E-state index in [0.717, 1.165) is 89.1 Å². The van der Waals surface area contributed by atoms with Crippen LogP contribution in [-0.4, -0.2) is 84.9 Å². The summed E-state index contributed by atoms with van der Waals surface area (Å²) in [7, 11) is 0. The number of piperidine rings is 1. The van der Waals surface area contributed by atoms with E-state index >= 15 is 0 Å². The van der Waals surface area contributed by atoms with Gasteiger partial charge in [-0.05, 0) is 106 Å². The van der Waals surface area contributed by atoms with Crippen LogP contribution in [0.1, 0.15) is 93.1 Å². The zero-order valence-electron chi connectivity index (χ0n) is 30.0. The van der Waals surface area contributed by atoms with E-state index in [1.54, 1.807) is 11.0 Å². The van der Waals surface area contributed by atoms with Crippen molar-refractivity contribution in [1.82, 2.24) is 9.80 Å². The molecule has 0 bridgehead atoms. The molecule has 268 valence electrons. The van der Waals surface area contributed by atoms with Crippen molar-refractivity contribution < 1.29 is 28.9 Å². The van der Waals surface area contributed by atoms with Crippen molar-refractivity contribution in [3.05, 3.63) is 76.9 Å². The fourth-order valence-corrected chi connectivity index (χ4v) is 7.76. The number of esters is 1. The van der Waals surface area contributed by atoms with Crippen molar-refractivity contribution in [2.45, 2.75) is 103 Å². The van der Waals surface area contributed by atoms with Crippen molar-refractivity contribution in [2.24, 2.45) is 11.8 Å². The Bertz CT molecular complexity index is 1380. The van der Waals surface area contributed by atoms with E-state index in [4.69, 9.17) is 14.2 Å². The number of likely N-dealkylation sites (tertiary alicyclic amines) is 1. The molecule has 5 rings (SSSR count). The van der Waals surface area contributed by atoms with Crippen molar-refractivity contribution in [1.29, 1.82) is 0 Å². The fourth-order valence-electron chi connectivity index (χ4n) is 7.76. The van der Waals surface area contributed by atoms with Gasteiger partial charge < -0.3 is 24.2 Å². The molecule has 1 unspecified atom stereocenters. The summed E-state index contributed by atoms with van der Waals surface area (Å²) >= 11 is 0. The van der Waals surface area contributed by atoms with Crippen LogP contribution in [0.25, 0.3) is 0 Å². The molecule has 1 saturated carbocycles. The highest BCUT2D eigenvalue weighted by Gasteiger charge is 2.42. The van der Waals surface area contributed by atoms with E-state index in [9.17, 15) is 14.7 Å². The number of carbonyl (C=O) groups excluding carboxylic acids is 2. The Labute approximate surface area is 293 Å². The number of nitrogens with zero attached hydrogens (tertiary/aromatic N) is 2. The molecule has 8 heteroatoms. The number of aryl methyl sites for hydroxylation is 3. The summed E-state index contributed by atoms with van der Waals surface area (Å²) in [5, 5.41) is 11.2. The molecule has 1 N–H and O–H groups in total. The van der Waals surface area contributed by atoms with E-state index in [2.05, 4.69) is 36.9 Å². The third-order valence-corrected chi connectivity index (χ3v) is 10.8. The first-order chi connectivity index (χ1) is 23.8. The molecule has 0 aromatic heterocycles. The highest BCUT2D eigenvalue weighted by Crippen LogP contribution is 2.36. The van der Waals surface area contributed by atoms with E-state index in [-0.39, 0.29) is 17.8 Å². The van der Waals surface area contributed by atoms with Crippen molar-refractivity contribution in [3.63, 3.8) is 0 Å². The highest BCUT2D eigenvalue weighted by atomic mass is 16.5. The molecule has 2 heterocycles. The molecular formula is C41H58N2O6. The average Bonchev–Trinajstić information content (AvgIpc) is 3.12. The number of amides is 1. The lowest BCUT2D eigenvalue weighted by atomic mass is 9.76. The van der Waals surface area contributed by atoms with Gasteiger partial charge in [-0.2, -0.15) is 0 Å². The summed E-state index contributed by atoms with van der Waals surface area (Å²) in [4.78, 5) is 32.6. The van der Waals surface area contributed by atoms with Gasteiger partial charge >= 0.3 is 5.97 Å². The zero-order chi connectivity index (χ0) is 34.6. The molecule has 3 fully saturated rings. The first kappa shape index (κ1) is 37.1. The Hall–Kier alpha value is -3.20. The number of aliphatic hydroxyl groups excluding tert-OH is 1. The Morgan fingerprint density at radius 2 is 1.73 bits per heavy atom. The number of carbonyl (C=O) groups is 2. The minimum Gasteiger partial charge on any atom is -0.492 e. The van der Waals surface area contributed by atoms with Crippen molar-refractivity contribution in [3.8, 4) is 5.75 Å². The van der Waals surface area contributed by atoms with Crippen LogP contribution >= 0.6 is 0 Å². The number of rotatable bonds is 14. The molecule has 4 atom stereocenters. The van der Waals surface area contributed by atoms with Crippen molar-refractivity contribution >= 4 is 11.9 Å². The predicted octanol–water partition coefficient (Wildman–Crippen LogP) is 6.75. The molecule has 3 aliphatic rings. The number of allylic oxidation sites excluding steroid dienone is 1. The summed E-state index contributed by atoms with van der Waals surface area (Å²) < 4.78 is 18.1. The molecule has 2 saturated heterocycles. The minimum atomic E-state index is -0.865. The largest absolute Gasteiger partial charge is 0.492 e. The van der Waals surface area contributed by atoms with Gasteiger partial charge in [0.25, 0.3) is 0 Å². The quantitative estimate of drug-likeness (QED) is 0.175. The Balaban J connectivity index is 1.33. The summed E-state index contributed by atoms with van der Waals surface area (Å²) in [6.45, 7) is 11.3. The predicted molar refractivity (Wildman–Crippen MR) is 193 cm³/mol. The van der Waals surface area contributed by atoms with E-state index in [1.807, 2.05) is 37.3 Å². The van der Waals surface area contributed by atoms with Gasteiger partial charge in [-0.1, -0.05) is 61.7 Å². The molecule has 49 heavy (non-hydrogen) atoms. The van der Waals surface area contributed by atoms with Crippen LogP contribution in [0.5, 0.6) is 5.75 Å². The summed E-state index contributed by atoms with van der Waals surface area (Å²) in [6, 6.07) is 13.8. The number of benzene rings is 2. The smallest absolute Gasteiger partial charge is 0.329 e.